The minimum absolute atomic E-state index is 0.0685. The molecule has 1 aliphatic rings. The molecular weight excluding hydrogens is 318 g/mol. The van der Waals surface area contributed by atoms with Crippen molar-refractivity contribution >= 4 is 10.0 Å². The smallest absolute Gasteiger partial charge is 0.208 e. The van der Waals surface area contributed by atoms with E-state index < -0.39 is 10.0 Å². The average Bonchev–Trinajstić information content (AvgIpc) is 2.45. The molecule has 136 valence electrons. The fourth-order valence-electron chi connectivity index (χ4n) is 4.15. The second-order valence-corrected chi connectivity index (χ2v) is 9.89. The largest absolute Gasteiger partial charge is 0.241 e. The first kappa shape index (κ1) is 19.5. The van der Waals surface area contributed by atoms with Crippen molar-refractivity contribution in [1.29, 1.82) is 0 Å². The van der Waals surface area contributed by atoms with Crippen LogP contribution in [0.3, 0.4) is 0 Å². The van der Waals surface area contributed by atoms with Gasteiger partial charge in [-0.1, -0.05) is 44.9 Å². The summed E-state index contributed by atoms with van der Waals surface area (Å²) in [7, 11) is -3.45. The van der Waals surface area contributed by atoms with E-state index in [4.69, 9.17) is 0 Å². The van der Waals surface area contributed by atoms with Crippen molar-refractivity contribution in [2.24, 2.45) is 11.3 Å². The average molecular weight is 352 g/mol. The summed E-state index contributed by atoms with van der Waals surface area (Å²) in [4.78, 5) is 0.462. The number of sulfonamides is 1. The molecule has 0 heterocycles. The third-order valence-electron chi connectivity index (χ3n) is 5.94. The van der Waals surface area contributed by atoms with Gasteiger partial charge in [0.1, 0.15) is 0 Å². The van der Waals surface area contributed by atoms with Crippen LogP contribution in [0.2, 0.25) is 0 Å². The molecule has 1 aromatic rings. The molecular formula is C20H33NO2S. The summed E-state index contributed by atoms with van der Waals surface area (Å²) in [6.07, 6.45) is 5.28. The molecule has 1 aliphatic carbocycles. The number of nitrogens with one attached hydrogen (secondary N) is 1. The van der Waals surface area contributed by atoms with Crippen LogP contribution in [0.1, 0.15) is 69.6 Å². The van der Waals surface area contributed by atoms with Crippen LogP contribution in [0.25, 0.3) is 0 Å². The monoisotopic (exact) mass is 351 g/mol. The van der Waals surface area contributed by atoms with Gasteiger partial charge < -0.3 is 0 Å². The summed E-state index contributed by atoms with van der Waals surface area (Å²) in [5, 5.41) is 0. The van der Waals surface area contributed by atoms with Gasteiger partial charge in [-0.3, -0.25) is 0 Å². The number of hydrogen-bond donors (Lipinski definition) is 1. The van der Waals surface area contributed by atoms with Crippen LogP contribution in [0.4, 0.5) is 0 Å². The quantitative estimate of drug-likeness (QED) is 0.821. The van der Waals surface area contributed by atoms with E-state index in [1.807, 2.05) is 32.9 Å². The molecule has 24 heavy (non-hydrogen) atoms. The second kappa shape index (κ2) is 7.17. The Morgan fingerprint density at radius 1 is 1.04 bits per heavy atom. The number of aryl methyl sites for hydroxylation is 3. The van der Waals surface area contributed by atoms with Crippen molar-refractivity contribution in [3.05, 3.63) is 28.8 Å². The molecule has 1 N–H and O–H groups in total. The minimum Gasteiger partial charge on any atom is -0.208 e. The van der Waals surface area contributed by atoms with Crippen LogP contribution < -0.4 is 4.72 Å². The van der Waals surface area contributed by atoms with Gasteiger partial charge in [0, 0.05) is 6.04 Å². The lowest BCUT2D eigenvalue weighted by Crippen LogP contribution is -2.40. The maximum atomic E-state index is 12.9. The van der Waals surface area contributed by atoms with E-state index in [-0.39, 0.29) is 6.04 Å². The Kier molecular flexibility index (Phi) is 5.81. The van der Waals surface area contributed by atoms with E-state index >= 15 is 0 Å². The molecule has 0 aromatic heterocycles. The number of rotatable bonds is 5. The Hall–Kier alpha value is -0.870. The predicted molar refractivity (Wildman–Crippen MR) is 101 cm³/mol. The van der Waals surface area contributed by atoms with Gasteiger partial charge in [-0.25, -0.2) is 13.1 Å². The topological polar surface area (TPSA) is 46.2 Å². The van der Waals surface area contributed by atoms with E-state index in [1.165, 1.54) is 6.42 Å². The Labute approximate surface area is 148 Å². The molecule has 3 nitrogen and oxygen atoms in total. The molecule has 4 heteroatoms. The zero-order valence-electron chi connectivity index (χ0n) is 16.1. The predicted octanol–water partition coefficient (Wildman–Crippen LogP) is 4.89. The molecule has 0 amide bonds. The molecule has 1 aromatic carbocycles. The lowest BCUT2D eigenvalue weighted by molar-refractivity contribution is 0.142. The van der Waals surface area contributed by atoms with E-state index in [9.17, 15) is 8.42 Å². The highest BCUT2D eigenvalue weighted by Crippen LogP contribution is 2.40. The summed E-state index contributed by atoms with van der Waals surface area (Å²) in [6.45, 7) is 12.7. The van der Waals surface area contributed by atoms with Gasteiger partial charge in [0.05, 0.1) is 4.90 Å². The first-order chi connectivity index (χ1) is 11.1. The fourth-order valence-corrected chi connectivity index (χ4v) is 5.91. The highest BCUT2D eigenvalue weighted by Gasteiger charge is 2.33. The minimum atomic E-state index is -3.45. The lowest BCUT2D eigenvalue weighted by Gasteiger charge is -2.39. The third kappa shape index (κ3) is 4.20. The van der Waals surface area contributed by atoms with Crippen LogP contribution in [-0.2, 0) is 10.0 Å². The van der Waals surface area contributed by atoms with Crippen LogP contribution in [0, 0.1) is 32.1 Å². The van der Waals surface area contributed by atoms with E-state index in [0.29, 0.717) is 16.2 Å². The van der Waals surface area contributed by atoms with Crippen LogP contribution >= 0.6 is 0 Å². The van der Waals surface area contributed by atoms with Crippen molar-refractivity contribution in [3.63, 3.8) is 0 Å². The van der Waals surface area contributed by atoms with Crippen LogP contribution in [0.15, 0.2) is 17.0 Å². The zero-order valence-corrected chi connectivity index (χ0v) is 16.9. The van der Waals surface area contributed by atoms with Crippen molar-refractivity contribution < 1.29 is 8.42 Å². The first-order valence-corrected chi connectivity index (χ1v) is 10.7. The van der Waals surface area contributed by atoms with Gasteiger partial charge in [0.2, 0.25) is 10.0 Å². The van der Waals surface area contributed by atoms with Crippen LogP contribution in [-0.4, -0.2) is 14.5 Å². The Bertz CT molecular complexity index is 661. The summed E-state index contributed by atoms with van der Waals surface area (Å²) in [6, 6.07) is 3.96. The number of benzene rings is 1. The Morgan fingerprint density at radius 3 is 2.00 bits per heavy atom. The van der Waals surface area contributed by atoms with E-state index in [1.54, 1.807) is 0 Å². The summed E-state index contributed by atoms with van der Waals surface area (Å²) in [5.74, 6) is 0.700. The highest BCUT2D eigenvalue weighted by molar-refractivity contribution is 7.89. The Balaban J connectivity index is 2.10. The number of hydrogen-bond acceptors (Lipinski definition) is 2. The van der Waals surface area contributed by atoms with Crippen molar-refractivity contribution in [2.75, 3.05) is 0 Å². The SMILES string of the molecule is CCC(C)(C)C1CCC(NS(=O)(=O)c2c(C)cc(C)cc2C)CC1. The Morgan fingerprint density at radius 2 is 1.54 bits per heavy atom. The molecule has 0 radical (unpaired) electrons. The zero-order chi connectivity index (χ0) is 18.1. The van der Waals surface area contributed by atoms with Crippen molar-refractivity contribution in [1.82, 2.24) is 4.72 Å². The normalized spacial score (nSPS) is 22.6. The first-order valence-electron chi connectivity index (χ1n) is 9.17. The van der Waals surface area contributed by atoms with Gasteiger partial charge in [-0.15, -0.1) is 0 Å². The molecule has 0 saturated heterocycles. The summed E-state index contributed by atoms with van der Waals surface area (Å²) >= 11 is 0. The third-order valence-corrected chi connectivity index (χ3v) is 7.76. The lowest BCUT2D eigenvalue weighted by atomic mass is 9.69. The molecule has 0 atom stereocenters. The summed E-state index contributed by atoms with van der Waals surface area (Å²) < 4.78 is 28.7. The molecule has 1 fully saturated rings. The standard InChI is InChI=1S/C20H33NO2S/c1-7-20(5,6)17-8-10-18(11-9-17)21-24(22,23)19-15(3)12-14(2)13-16(19)4/h12-13,17-18,21H,7-11H2,1-6H3. The van der Waals surface area contributed by atoms with Gasteiger partial charge in [0.15, 0.2) is 0 Å². The molecule has 2 rings (SSSR count). The molecule has 0 spiro atoms. The van der Waals surface area contributed by atoms with E-state index in [0.717, 1.165) is 42.4 Å². The molecule has 0 unspecified atom stereocenters. The molecule has 0 bridgehead atoms. The highest BCUT2D eigenvalue weighted by atomic mass is 32.2. The van der Waals surface area contributed by atoms with Crippen molar-refractivity contribution in [2.45, 2.75) is 84.6 Å². The summed E-state index contributed by atoms with van der Waals surface area (Å²) in [5.41, 5.74) is 3.13. The molecule has 0 aliphatic heterocycles. The fraction of sp³-hybridized carbons (Fsp3) is 0.700. The van der Waals surface area contributed by atoms with Crippen molar-refractivity contribution in [3.8, 4) is 0 Å². The molecule has 1 saturated carbocycles. The van der Waals surface area contributed by atoms with Crippen LogP contribution in [0.5, 0.6) is 0 Å². The maximum absolute atomic E-state index is 12.9. The van der Waals surface area contributed by atoms with Gasteiger partial charge in [0.25, 0.3) is 0 Å². The van der Waals surface area contributed by atoms with Gasteiger partial charge in [-0.05, 0) is 68.9 Å². The maximum Gasteiger partial charge on any atom is 0.241 e. The van der Waals surface area contributed by atoms with Gasteiger partial charge >= 0.3 is 0 Å². The van der Waals surface area contributed by atoms with E-state index in [2.05, 4.69) is 25.5 Å². The second-order valence-electron chi connectivity index (χ2n) is 8.24. The van der Waals surface area contributed by atoms with Gasteiger partial charge in [-0.2, -0.15) is 0 Å².